The van der Waals surface area contributed by atoms with Crippen molar-refractivity contribution in [1.29, 1.82) is 0 Å². The van der Waals surface area contributed by atoms with Crippen LogP contribution in [0.1, 0.15) is 18.7 Å². The molecule has 180 valence electrons. The van der Waals surface area contributed by atoms with E-state index in [0.29, 0.717) is 12.3 Å². The summed E-state index contributed by atoms with van der Waals surface area (Å²) in [5.74, 6) is -1.25. The van der Waals surface area contributed by atoms with Crippen molar-refractivity contribution in [3.8, 4) is 16.9 Å². The molecule has 2 aromatic carbocycles. The van der Waals surface area contributed by atoms with Gasteiger partial charge in [0.1, 0.15) is 11.8 Å². The molecule has 3 aromatic rings. The van der Waals surface area contributed by atoms with Gasteiger partial charge in [-0.05, 0) is 59.2 Å². The van der Waals surface area contributed by atoms with E-state index in [1.165, 1.54) is 17.0 Å². The number of rotatable bonds is 10. The van der Waals surface area contributed by atoms with Gasteiger partial charge in [-0.25, -0.2) is 13.2 Å². The maximum absolute atomic E-state index is 12.6. The molecule has 10 heteroatoms. The Bertz CT molecular complexity index is 1210. The zero-order valence-corrected chi connectivity index (χ0v) is 20.4. The zero-order chi connectivity index (χ0) is 24.7. The van der Waals surface area contributed by atoms with Gasteiger partial charge >= 0.3 is 12.1 Å². The van der Waals surface area contributed by atoms with Gasteiger partial charge in [0.2, 0.25) is 10.0 Å². The minimum Gasteiger partial charge on any atom is -0.480 e. The Balaban J connectivity index is 1.59. The average Bonchev–Trinajstić information content (AvgIpc) is 3.31. The molecule has 0 unspecified atom stereocenters. The molecule has 1 amide bonds. The Morgan fingerprint density at radius 3 is 2.15 bits per heavy atom. The predicted molar refractivity (Wildman–Crippen MR) is 131 cm³/mol. The molecule has 0 aliphatic heterocycles. The van der Waals surface area contributed by atoms with E-state index in [-0.39, 0.29) is 4.90 Å². The minimum atomic E-state index is -3.99. The van der Waals surface area contributed by atoms with Gasteiger partial charge in [0.25, 0.3) is 0 Å². The smallest absolute Gasteiger partial charge is 0.412 e. The van der Waals surface area contributed by atoms with E-state index in [2.05, 4.69) is 10.0 Å². The monoisotopic (exact) mass is 502 g/mol. The van der Waals surface area contributed by atoms with E-state index in [0.717, 1.165) is 17.5 Å². The fraction of sp³-hybridized carbons (Fsp3) is 0.250. The lowest BCUT2D eigenvalue weighted by Crippen LogP contribution is -2.44. The molecule has 0 aliphatic carbocycles. The van der Waals surface area contributed by atoms with Crippen molar-refractivity contribution in [2.75, 3.05) is 6.54 Å². The number of carbonyl (C=O) groups excluding carboxylic acids is 1. The SMILES string of the molecule is CC(C)[C@@H](NS(=O)(=O)c1ccc(-c2ccc(OC(=O)NCCc3cccs3)cc2)cc1)C(=O)O. The number of carbonyl (C=O) groups is 2. The third-order valence-corrected chi connectivity index (χ3v) is 7.39. The number of thiophene rings is 1. The van der Waals surface area contributed by atoms with Crippen molar-refractivity contribution >= 4 is 33.4 Å². The van der Waals surface area contributed by atoms with Crippen molar-refractivity contribution in [1.82, 2.24) is 10.0 Å². The van der Waals surface area contributed by atoms with Gasteiger partial charge in [0.05, 0.1) is 4.90 Å². The van der Waals surface area contributed by atoms with E-state index in [1.54, 1.807) is 61.6 Å². The number of benzene rings is 2. The first kappa shape index (κ1) is 25.4. The molecule has 0 saturated heterocycles. The van der Waals surface area contributed by atoms with Crippen LogP contribution in [0.4, 0.5) is 4.79 Å². The van der Waals surface area contributed by atoms with Crippen LogP contribution >= 0.6 is 11.3 Å². The molecular formula is C24H26N2O6S2. The van der Waals surface area contributed by atoms with Crippen LogP contribution in [0, 0.1) is 5.92 Å². The highest BCUT2D eigenvalue weighted by Gasteiger charge is 2.27. The summed E-state index contributed by atoms with van der Waals surface area (Å²) in [6, 6.07) is 15.7. The lowest BCUT2D eigenvalue weighted by molar-refractivity contribution is -0.140. The van der Waals surface area contributed by atoms with E-state index in [1.807, 2.05) is 17.5 Å². The van der Waals surface area contributed by atoms with Gasteiger partial charge in [-0.15, -0.1) is 11.3 Å². The van der Waals surface area contributed by atoms with Gasteiger partial charge in [0.15, 0.2) is 0 Å². The van der Waals surface area contributed by atoms with Crippen molar-refractivity contribution in [3.63, 3.8) is 0 Å². The first-order valence-corrected chi connectivity index (χ1v) is 13.0. The van der Waals surface area contributed by atoms with Gasteiger partial charge in [-0.2, -0.15) is 4.72 Å². The number of hydrogen-bond donors (Lipinski definition) is 3. The van der Waals surface area contributed by atoms with Crippen LogP contribution in [0.5, 0.6) is 5.75 Å². The summed E-state index contributed by atoms with van der Waals surface area (Å²) in [7, 11) is -3.99. The lowest BCUT2D eigenvalue weighted by atomic mass is 10.1. The number of aliphatic carboxylic acids is 1. The number of carboxylic acid groups (broad SMARTS) is 1. The van der Waals surface area contributed by atoms with Gasteiger partial charge < -0.3 is 15.2 Å². The normalized spacial score (nSPS) is 12.3. The zero-order valence-electron chi connectivity index (χ0n) is 18.7. The van der Waals surface area contributed by atoms with Gasteiger partial charge in [0, 0.05) is 11.4 Å². The minimum absolute atomic E-state index is 0.0256. The number of hydrogen-bond acceptors (Lipinski definition) is 6. The summed E-state index contributed by atoms with van der Waals surface area (Å²) in [6.07, 6.45) is 0.203. The third-order valence-electron chi connectivity index (χ3n) is 5.00. The van der Waals surface area contributed by atoms with Crippen LogP contribution in [0.15, 0.2) is 70.9 Å². The standard InChI is InChI=1S/C24H26N2O6S2/c1-16(2)22(23(27)28)26-34(30,31)21-11-7-18(8-12-21)17-5-9-19(10-6-17)32-24(29)25-14-13-20-4-3-15-33-20/h3-12,15-16,22,26H,13-14H2,1-2H3,(H,25,29)(H,27,28)/t22-/m1/s1. The highest BCUT2D eigenvalue weighted by molar-refractivity contribution is 7.89. The number of sulfonamides is 1. The van der Waals surface area contributed by atoms with Gasteiger partial charge in [-0.3, -0.25) is 4.79 Å². The van der Waals surface area contributed by atoms with Crippen molar-refractivity contribution in [3.05, 3.63) is 70.9 Å². The average molecular weight is 503 g/mol. The summed E-state index contributed by atoms with van der Waals surface area (Å²) in [6.45, 7) is 3.74. The highest BCUT2D eigenvalue weighted by atomic mass is 32.2. The Kier molecular flexibility index (Phi) is 8.43. The van der Waals surface area contributed by atoms with Crippen LogP contribution in [0.25, 0.3) is 11.1 Å². The number of nitrogens with one attached hydrogen (secondary N) is 2. The summed E-state index contributed by atoms with van der Waals surface area (Å²) in [4.78, 5) is 24.4. The number of ether oxygens (including phenoxy) is 1. The van der Waals surface area contributed by atoms with Crippen LogP contribution in [0.2, 0.25) is 0 Å². The summed E-state index contributed by atoms with van der Waals surface area (Å²) in [5.41, 5.74) is 1.55. The number of amides is 1. The quantitative estimate of drug-likeness (QED) is 0.383. The molecule has 0 radical (unpaired) electrons. The topological polar surface area (TPSA) is 122 Å². The molecule has 0 fully saturated rings. The van der Waals surface area contributed by atoms with Crippen LogP contribution in [-0.4, -0.2) is 38.2 Å². The summed E-state index contributed by atoms with van der Waals surface area (Å²) >= 11 is 1.63. The first-order valence-electron chi connectivity index (χ1n) is 10.6. The summed E-state index contributed by atoms with van der Waals surface area (Å²) in [5, 5.41) is 13.9. The maximum Gasteiger partial charge on any atom is 0.412 e. The van der Waals surface area contributed by atoms with E-state index >= 15 is 0 Å². The maximum atomic E-state index is 12.6. The van der Waals surface area contributed by atoms with E-state index in [4.69, 9.17) is 4.74 Å². The fourth-order valence-corrected chi connectivity index (χ4v) is 5.18. The second-order valence-corrected chi connectivity index (χ2v) is 10.6. The fourth-order valence-electron chi connectivity index (χ4n) is 3.13. The molecule has 1 aromatic heterocycles. The molecule has 0 bridgehead atoms. The van der Waals surface area contributed by atoms with E-state index in [9.17, 15) is 23.1 Å². The van der Waals surface area contributed by atoms with Crippen LogP contribution in [0.3, 0.4) is 0 Å². The van der Waals surface area contributed by atoms with Crippen LogP contribution < -0.4 is 14.8 Å². The molecule has 0 spiro atoms. The lowest BCUT2D eigenvalue weighted by Gasteiger charge is -2.18. The van der Waals surface area contributed by atoms with E-state index < -0.39 is 34.0 Å². The first-order chi connectivity index (χ1) is 16.2. The second-order valence-electron chi connectivity index (χ2n) is 7.88. The van der Waals surface area contributed by atoms with Crippen molar-refractivity contribution < 1.29 is 27.9 Å². The molecule has 0 aliphatic rings. The van der Waals surface area contributed by atoms with Crippen molar-refractivity contribution in [2.45, 2.75) is 31.2 Å². The largest absolute Gasteiger partial charge is 0.480 e. The summed E-state index contributed by atoms with van der Waals surface area (Å²) < 4.78 is 32.6. The number of carboxylic acids is 1. The molecule has 3 rings (SSSR count). The van der Waals surface area contributed by atoms with Crippen LogP contribution in [-0.2, 0) is 21.2 Å². The second kappa shape index (κ2) is 11.3. The Hall–Kier alpha value is -3.21. The molecular weight excluding hydrogens is 476 g/mol. The molecule has 3 N–H and O–H groups in total. The molecule has 34 heavy (non-hydrogen) atoms. The Morgan fingerprint density at radius 2 is 1.62 bits per heavy atom. The Morgan fingerprint density at radius 1 is 1.00 bits per heavy atom. The molecule has 1 heterocycles. The molecule has 0 saturated carbocycles. The predicted octanol–water partition coefficient (Wildman–Crippen LogP) is 4.13. The Labute approximate surface area is 202 Å². The molecule has 8 nitrogen and oxygen atoms in total. The third kappa shape index (κ3) is 6.89. The van der Waals surface area contributed by atoms with Crippen molar-refractivity contribution in [2.24, 2.45) is 5.92 Å². The van der Waals surface area contributed by atoms with Gasteiger partial charge in [-0.1, -0.05) is 44.2 Å². The highest BCUT2D eigenvalue weighted by Crippen LogP contribution is 2.24. The molecule has 1 atom stereocenters.